The molecular formula is C19H26N2O7. The van der Waals surface area contributed by atoms with E-state index in [2.05, 4.69) is 10.2 Å². The molecule has 2 aromatic rings. The van der Waals surface area contributed by atoms with Crippen molar-refractivity contribution < 1.29 is 33.6 Å². The molecule has 9 nitrogen and oxygen atoms in total. The maximum Gasteiger partial charge on any atom is 0.283 e. The smallest absolute Gasteiger partial charge is 0.283 e. The number of epoxide rings is 1. The molecule has 0 unspecified atom stereocenters. The van der Waals surface area contributed by atoms with E-state index in [9.17, 15) is 15.3 Å². The van der Waals surface area contributed by atoms with E-state index in [4.69, 9.17) is 18.3 Å². The minimum Gasteiger partial charge on any atom is -0.459 e. The van der Waals surface area contributed by atoms with Gasteiger partial charge in [0.1, 0.15) is 6.10 Å². The van der Waals surface area contributed by atoms with Crippen LogP contribution in [0.4, 0.5) is 0 Å². The van der Waals surface area contributed by atoms with Gasteiger partial charge in [-0.15, -0.1) is 10.2 Å². The Balaban J connectivity index is 1.31. The van der Waals surface area contributed by atoms with Crippen LogP contribution in [0.25, 0.3) is 11.7 Å². The van der Waals surface area contributed by atoms with E-state index in [1.54, 1.807) is 19.1 Å². The lowest BCUT2D eigenvalue weighted by atomic mass is 9.86. The van der Waals surface area contributed by atoms with Gasteiger partial charge in [0.05, 0.1) is 49.8 Å². The van der Waals surface area contributed by atoms with Crippen molar-refractivity contribution in [1.29, 1.82) is 0 Å². The molecule has 8 atom stereocenters. The van der Waals surface area contributed by atoms with Crippen molar-refractivity contribution in [2.75, 3.05) is 6.61 Å². The second-order valence-corrected chi connectivity index (χ2v) is 7.77. The maximum atomic E-state index is 10.5. The van der Waals surface area contributed by atoms with E-state index < -0.39 is 24.4 Å². The highest BCUT2D eigenvalue weighted by atomic mass is 16.6. The van der Waals surface area contributed by atoms with Crippen LogP contribution >= 0.6 is 0 Å². The molecule has 4 rings (SSSR count). The van der Waals surface area contributed by atoms with Crippen LogP contribution in [0.5, 0.6) is 0 Å². The fourth-order valence-corrected chi connectivity index (χ4v) is 3.72. The summed E-state index contributed by atoms with van der Waals surface area (Å²) in [5.74, 6) is 0.828. The van der Waals surface area contributed by atoms with Crippen LogP contribution in [0.3, 0.4) is 0 Å². The van der Waals surface area contributed by atoms with Crippen molar-refractivity contribution in [2.24, 2.45) is 11.8 Å². The Labute approximate surface area is 162 Å². The normalized spacial score (nSPS) is 34.9. The summed E-state index contributed by atoms with van der Waals surface area (Å²) in [6, 6.07) is 3.43. The number of aromatic nitrogens is 2. The van der Waals surface area contributed by atoms with Crippen molar-refractivity contribution in [3.05, 3.63) is 24.3 Å². The summed E-state index contributed by atoms with van der Waals surface area (Å²) in [4.78, 5) is 0. The predicted octanol–water partition coefficient (Wildman–Crippen LogP) is 0.783. The number of nitrogens with zero attached hydrogens (tertiary/aromatic N) is 2. The van der Waals surface area contributed by atoms with Crippen molar-refractivity contribution in [3.63, 3.8) is 0 Å². The Hall–Kier alpha value is -1.78. The quantitative estimate of drug-likeness (QED) is 0.582. The number of hydrogen-bond donors (Lipinski definition) is 3. The molecule has 0 aromatic carbocycles. The third-order valence-electron chi connectivity index (χ3n) is 5.75. The van der Waals surface area contributed by atoms with Crippen LogP contribution in [-0.2, 0) is 15.9 Å². The van der Waals surface area contributed by atoms with Crippen molar-refractivity contribution in [3.8, 4) is 11.7 Å². The fraction of sp³-hybridized carbons (Fsp3) is 0.684. The van der Waals surface area contributed by atoms with Gasteiger partial charge in [-0.3, -0.25) is 0 Å². The Morgan fingerprint density at radius 1 is 1.18 bits per heavy atom. The summed E-state index contributed by atoms with van der Waals surface area (Å²) in [6.45, 7) is 3.98. The molecule has 0 radical (unpaired) electrons. The molecule has 0 aliphatic carbocycles. The van der Waals surface area contributed by atoms with Crippen molar-refractivity contribution in [2.45, 2.75) is 63.3 Å². The predicted molar refractivity (Wildman–Crippen MR) is 95.1 cm³/mol. The summed E-state index contributed by atoms with van der Waals surface area (Å²) in [5, 5.41) is 38.6. The number of hydrogen-bond acceptors (Lipinski definition) is 9. The van der Waals surface area contributed by atoms with Gasteiger partial charge in [0, 0.05) is 11.8 Å². The zero-order valence-electron chi connectivity index (χ0n) is 15.8. The van der Waals surface area contributed by atoms with Crippen LogP contribution < -0.4 is 0 Å². The molecule has 2 aliphatic heterocycles. The van der Waals surface area contributed by atoms with Crippen molar-refractivity contribution in [1.82, 2.24) is 10.2 Å². The molecule has 0 saturated carbocycles. The summed E-state index contributed by atoms with van der Waals surface area (Å²) >= 11 is 0. The van der Waals surface area contributed by atoms with Gasteiger partial charge >= 0.3 is 0 Å². The largest absolute Gasteiger partial charge is 0.459 e. The van der Waals surface area contributed by atoms with Gasteiger partial charge in [-0.25, -0.2) is 0 Å². The third kappa shape index (κ3) is 3.99. The number of furan rings is 1. The van der Waals surface area contributed by atoms with Crippen molar-refractivity contribution >= 4 is 0 Å². The Morgan fingerprint density at radius 3 is 2.71 bits per heavy atom. The minimum atomic E-state index is -1.07. The number of ether oxygens (including phenoxy) is 2. The van der Waals surface area contributed by atoms with Gasteiger partial charge < -0.3 is 33.6 Å². The van der Waals surface area contributed by atoms with E-state index in [1.807, 2.05) is 6.92 Å². The maximum absolute atomic E-state index is 10.5. The summed E-state index contributed by atoms with van der Waals surface area (Å²) in [6.07, 6.45) is -0.831. The lowest BCUT2D eigenvalue weighted by molar-refractivity contribution is -0.166. The van der Waals surface area contributed by atoms with E-state index in [1.165, 1.54) is 6.26 Å². The Bertz CT molecular complexity index is 762. The van der Waals surface area contributed by atoms with Gasteiger partial charge in [-0.05, 0) is 25.5 Å². The minimum absolute atomic E-state index is 0.0134. The average molecular weight is 394 g/mol. The molecule has 9 heteroatoms. The lowest BCUT2D eigenvalue weighted by Gasteiger charge is -2.37. The fourth-order valence-electron chi connectivity index (χ4n) is 3.72. The highest BCUT2D eigenvalue weighted by Gasteiger charge is 2.48. The van der Waals surface area contributed by atoms with E-state index in [0.717, 1.165) is 0 Å². The number of aliphatic hydroxyl groups is 3. The molecule has 0 amide bonds. The molecule has 3 N–H and O–H groups in total. The van der Waals surface area contributed by atoms with Gasteiger partial charge in [0.2, 0.25) is 5.89 Å². The third-order valence-corrected chi connectivity index (χ3v) is 5.75. The van der Waals surface area contributed by atoms with E-state index >= 15 is 0 Å². The zero-order chi connectivity index (χ0) is 19.8. The van der Waals surface area contributed by atoms with Gasteiger partial charge in [0.25, 0.3) is 5.89 Å². The van der Waals surface area contributed by atoms with Crippen LogP contribution in [0.1, 0.15) is 26.2 Å². The Morgan fingerprint density at radius 2 is 2.00 bits per heavy atom. The first-order valence-electron chi connectivity index (χ1n) is 9.61. The van der Waals surface area contributed by atoms with Crippen LogP contribution in [0.15, 0.2) is 27.2 Å². The van der Waals surface area contributed by atoms with E-state index in [0.29, 0.717) is 24.7 Å². The summed E-state index contributed by atoms with van der Waals surface area (Å²) < 4.78 is 22.2. The number of rotatable bonds is 7. The molecule has 2 fully saturated rings. The topological polar surface area (TPSA) is 135 Å². The molecule has 0 bridgehead atoms. The number of aliphatic hydroxyl groups excluding tert-OH is 3. The second-order valence-electron chi connectivity index (χ2n) is 7.77. The van der Waals surface area contributed by atoms with Gasteiger partial charge in [-0.2, -0.15) is 0 Å². The molecular weight excluding hydrogens is 368 g/mol. The van der Waals surface area contributed by atoms with Crippen LogP contribution in [0.2, 0.25) is 0 Å². The molecule has 0 spiro atoms. The standard InChI is InChI=1S/C19H26N2O7/c1-9(10(2)22)18-14(27-18)6-11-8-26-13(17(24)16(11)23)7-15-20-21-19(28-15)12-4-3-5-25-12/h3-5,9-11,13-14,16-18,22-24H,6-8H2,1-2H3/t9-,10-,11-,13-,14-,16+,17-,18-/m0/s1. The van der Waals surface area contributed by atoms with Gasteiger partial charge in [-0.1, -0.05) is 6.92 Å². The first-order valence-corrected chi connectivity index (χ1v) is 9.61. The zero-order valence-corrected chi connectivity index (χ0v) is 15.8. The SMILES string of the molecule is C[C@H]([C@@H]1O[C@H]1C[C@H]1CO[C@@H](Cc2nnc(-c3ccco3)o2)[C@H](O)[C@@H]1O)[C@H](C)O. The first kappa shape index (κ1) is 19.5. The second kappa shape index (κ2) is 7.92. The Kier molecular flexibility index (Phi) is 5.52. The monoisotopic (exact) mass is 394 g/mol. The van der Waals surface area contributed by atoms with Crippen LogP contribution in [0, 0.1) is 11.8 Å². The molecule has 4 heterocycles. The van der Waals surface area contributed by atoms with Crippen LogP contribution in [-0.4, -0.2) is 68.7 Å². The molecule has 2 saturated heterocycles. The highest BCUT2D eigenvalue weighted by Crippen LogP contribution is 2.38. The lowest BCUT2D eigenvalue weighted by Crippen LogP contribution is -2.51. The first-order chi connectivity index (χ1) is 13.4. The van der Waals surface area contributed by atoms with Gasteiger partial charge in [0.15, 0.2) is 5.76 Å². The summed E-state index contributed by atoms with van der Waals surface area (Å²) in [7, 11) is 0. The highest BCUT2D eigenvalue weighted by molar-refractivity contribution is 5.42. The molecule has 2 aliphatic rings. The average Bonchev–Trinajstić information content (AvgIpc) is 3.06. The molecule has 2 aromatic heterocycles. The summed E-state index contributed by atoms with van der Waals surface area (Å²) in [5.41, 5.74) is 0. The molecule has 28 heavy (non-hydrogen) atoms. The molecule has 154 valence electrons. The van der Waals surface area contributed by atoms with E-state index in [-0.39, 0.29) is 36.4 Å².